The molecule has 2 nitrogen and oxygen atoms in total. The van der Waals surface area contributed by atoms with Gasteiger partial charge in [0, 0.05) is 0 Å². The maximum Gasteiger partial charge on any atom is -0.0195 e. The first kappa shape index (κ1) is 45.8. The SMILES string of the molecule is C.C=C.CC.CC.CN.CN. The summed E-state index contributed by atoms with van der Waals surface area (Å²) in [6, 6.07) is 0. The van der Waals surface area contributed by atoms with Crippen LogP contribution in [0.3, 0.4) is 0 Å². The molecule has 0 aliphatic carbocycles. The van der Waals surface area contributed by atoms with Gasteiger partial charge in [-0.1, -0.05) is 35.1 Å². The molecule has 11 heavy (non-hydrogen) atoms. The highest BCUT2D eigenvalue weighted by Gasteiger charge is 0.934. The van der Waals surface area contributed by atoms with Gasteiger partial charge in [0.25, 0.3) is 0 Å². The lowest BCUT2D eigenvalue weighted by Gasteiger charge is -1.19. The number of hydrogen-bond donors (Lipinski definition) is 2. The molecule has 4 N–H and O–H groups in total. The summed E-state index contributed by atoms with van der Waals surface area (Å²) in [6.45, 7) is 14.0. The molecule has 0 aromatic carbocycles. The van der Waals surface area contributed by atoms with Crippen LogP contribution >= 0.6 is 0 Å². The van der Waals surface area contributed by atoms with Crippen molar-refractivity contribution in [2.75, 3.05) is 14.1 Å². The Balaban J connectivity index is -0.00000000694. The van der Waals surface area contributed by atoms with Crippen LogP contribution in [0.2, 0.25) is 0 Å². The molecule has 0 saturated heterocycles. The summed E-state index contributed by atoms with van der Waals surface area (Å²) in [7, 11) is 3.00. The zero-order valence-electron chi connectivity index (χ0n) is 8.57. The summed E-state index contributed by atoms with van der Waals surface area (Å²) in [4.78, 5) is 0. The molecule has 0 aromatic heterocycles. The highest BCUT2D eigenvalue weighted by molar-refractivity contribution is 4.22. The minimum Gasteiger partial charge on any atom is -0.333 e. The van der Waals surface area contributed by atoms with Gasteiger partial charge >= 0.3 is 0 Å². The standard InChI is InChI=1S/2C2H6.C2H4.2CH5N.CH4/c5*1-2;/h2*1-2H3;1-2H2;2*2H2,1H3;1H4. The molecule has 0 aliphatic rings. The lowest BCUT2D eigenvalue weighted by Crippen LogP contribution is -1.69. The van der Waals surface area contributed by atoms with E-state index in [0.29, 0.717) is 0 Å². The van der Waals surface area contributed by atoms with E-state index < -0.39 is 0 Å². The van der Waals surface area contributed by atoms with Crippen LogP contribution in [0.1, 0.15) is 35.1 Å². The minimum atomic E-state index is 0. The highest BCUT2D eigenvalue weighted by Crippen LogP contribution is 1.15. The van der Waals surface area contributed by atoms with Gasteiger partial charge in [-0.2, -0.15) is 0 Å². The smallest absolute Gasteiger partial charge is 0.0195 e. The molecule has 0 rings (SSSR count). The van der Waals surface area contributed by atoms with Crippen LogP contribution in [0, 0.1) is 0 Å². The molecule has 0 aliphatic heterocycles. The average Bonchev–Trinajstić information content (AvgIpc) is 2.20. The first-order chi connectivity index (χ1) is 5.00. The molecule has 0 aromatic rings. The van der Waals surface area contributed by atoms with E-state index in [4.69, 9.17) is 0 Å². The predicted octanol–water partition coefficient (Wildman–Crippen LogP) is 2.64. The number of nitrogens with two attached hydrogens (primary N) is 2. The Morgan fingerprint density at radius 3 is 0.636 bits per heavy atom. The Kier molecular flexibility index (Phi) is 26100. The van der Waals surface area contributed by atoms with E-state index in [1.807, 2.05) is 27.7 Å². The average molecular weight is 166 g/mol. The molecule has 0 amide bonds. The Hall–Kier alpha value is -0.340. The second-order valence-electron chi connectivity index (χ2n) is 0. The Morgan fingerprint density at radius 1 is 0.636 bits per heavy atom. The van der Waals surface area contributed by atoms with Gasteiger partial charge in [-0.3, -0.25) is 0 Å². The third kappa shape index (κ3) is 4900. The van der Waals surface area contributed by atoms with Gasteiger partial charge in [0.05, 0.1) is 0 Å². The van der Waals surface area contributed by atoms with Crippen LogP contribution in [-0.2, 0) is 0 Å². The zero-order valence-corrected chi connectivity index (χ0v) is 8.57. The van der Waals surface area contributed by atoms with Crippen molar-refractivity contribution in [3.8, 4) is 0 Å². The fourth-order valence-electron chi connectivity index (χ4n) is 0. The van der Waals surface area contributed by atoms with Gasteiger partial charge in [-0.05, 0) is 14.1 Å². The molecule has 0 bridgehead atoms. The van der Waals surface area contributed by atoms with Crippen molar-refractivity contribution in [1.29, 1.82) is 0 Å². The fraction of sp³-hybridized carbons (Fsp3) is 0.778. The van der Waals surface area contributed by atoms with Crippen molar-refractivity contribution in [3.63, 3.8) is 0 Å². The quantitative estimate of drug-likeness (QED) is 0.544. The molecule has 0 radical (unpaired) electrons. The maximum absolute atomic E-state index is 4.50. The molecule has 0 saturated carbocycles. The van der Waals surface area contributed by atoms with E-state index in [0.717, 1.165) is 0 Å². The Morgan fingerprint density at radius 2 is 0.636 bits per heavy atom. The second kappa shape index (κ2) is 6270. The summed E-state index contributed by atoms with van der Waals surface area (Å²) in [5.41, 5.74) is 9.00. The van der Waals surface area contributed by atoms with Gasteiger partial charge in [0.1, 0.15) is 0 Å². The van der Waals surface area contributed by atoms with Gasteiger partial charge in [-0.15, -0.1) is 13.2 Å². The van der Waals surface area contributed by atoms with Crippen molar-refractivity contribution in [2.24, 2.45) is 11.5 Å². The van der Waals surface area contributed by atoms with E-state index in [-0.39, 0.29) is 7.43 Å². The van der Waals surface area contributed by atoms with Gasteiger partial charge < -0.3 is 11.5 Å². The number of hydrogen-bond acceptors (Lipinski definition) is 2. The van der Waals surface area contributed by atoms with E-state index >= 15 is 0 Å². The van der Waals surface area contributed by atoms with Gasteiger partial charge in [-0.25, -0.2) is 0 Å². The first-order valence-corrected chi connectivity index (χ1v) is 3.65. The monoisotopic (exact) mass is 166 g/mol. The summed E-state index contributed by atoms with van der Waals surface area (Å²) in [5.74, 6) is 0. The molecule has 76 valence electrons. The summed E-state index contributed by atoms with van der Waals surface area (Å²) >= 11 is 0. The summed E-state index contributed by atoms with van der Waals surface area (Å²) in [6.07, 6.45) is 0. The third-order valence-corrected chi connectivity index (χ3v) is 0. The lowest BCUT2D eigenvalue weighted by atomic mass is 11.0. The second-order valence-corrected chi connectivity index (χ2v) is 0. The summed E-state index contributed by atoms with van der Waals surface area (Å²) < 4.78 is 0. The highest BCUT2D eigenvalue weighted by atomic mass is 14.4. The van der Waals surface area contributed by atoms with Crippen molar-refractivity contribution >= 4 is 0 Å². The molecule has 0 unspecified atom stereocenters. The molecular weight excluding hydrogens is 136 g/mol. The largest absolute Gasteiger partial charge is 0.333 e. The van der Waals surface area contributed by atoms with Crippen molar-refractivity contribution in [2.45, 2.75) is 35.1 Å². The van der Waals surface area contributed by atoms with E-state index in [1.165, 1.54) is 14.1 Å². The summed E-state index contributed by atoms with van der Waals surface area (Å²) in [5, 5.41) is 0. The molecular formula is C9H30N2. The fourth-order valence-corrected chi connectivity index (χ4v) is 0. The number of rotatable bonds is 0. The molecule has 0 spiro atoms. The van der Waals surface area contributed by atoms with Crippen LogP contribution in [-0.4, -0.2) is 14.1 Å². The van der Waals surface area contributed by atoms with Crippen molar-refractivity contribution in [1.82, 2.24) is 0 Å². The van der Waals surface area contributed by atoms with E-state index in [9.17, 15) is 0 Å². The predicted molar refractivity (Wildman–Crippen MR) is 60.9 cm³/mol. The topological polar surface area (TPSA) is 52.0 Å². The minimum absolute atomic E-state index is 0. The van der Waals surface area contributed by atoms with Crippen LogP contribution < -0.4 is 11.5 Å². The third-order valence-electron chi connectivity index (χ3n) is 0. The normalized spacial score (nSPS) is 2.55. The molecule has 2 heteroatoms. The molecule has 0 fully saturated rings. The zero-order chi connectivity index (χ0) is 10.0. The van der Waals surface area contributed by atoms with Crippen LogP contribution in [0.5, 0.6) is 0 Å². The van der Waals surface area contributed by atoms with E-state index in [2.05, 4.69) is 24.6 Å². The van der Waals surface area contributed by atoms with Crippen molar-refractivity contribution in [3.05, 3.63) is 13.2 Å². The van der Waals surface area contributed by atoms with Crippen molar-refractivity contribution < 1.29 is 0 Å². The molecule has 0 heterocycles. The first-order valence-electron chi connectivity index (χ1n) is 3.65. The van der Waals surface area contributed by atoms with Gasteiger partial charge in [0.2, 0.25) is 0 Å². The Bertz CT molecular complexity index is 7.52. The van der Waals surface area contributed by atoms with Crippen LogP contribution in [0.25, 0.3) is 0 Å². The van der Waals surface area contributed by atoms with E-state index in [1.54, 1.807) is 0 Å². The van der Waals surface area contributed by atoms with Crippen LogP contribution in [0.4, 0.5) is 0 Å². The van der Waals surface area contributed by atoms with Crippen LogP contribution in [0.15, 0.2) is 13.2 Å². The maximum atomic E-state index is 4.50. The lowest BCUT2D eigenvalue weighted by molar-refractivity contribution is 1.48. The Labute approximate surface area is 74.7 Å². The van der Waals surface area contributed by atoms with Gasteiger partial charge in [0.15, 0.2) is 0 Å². The molecule has 0 atom stereocenters.